The molecule has 0 saturated heterocycles. The predicted octanol–water partition coefficient (Wildman–Crippen LogP) is 3.20. The van der Waals surface area contributed by atoms with Crippen molar-refractivity contribution in [2.75, 3.05) is 19.0 Å². The molecule has 0 aliphatic rings. The molecule has 0 aliphatic heterocycles. The second kappa shape index (κ2) is 8.62. The molecule has 0 radical (unpaired) electrons. The molecule has 0 fully saturated rings. The lowest BCUT2D eigenvalue weighted by Gasteiger charge is -2.08. The molecule has 1 heterocycles. The zero-order valence-electron chi connectivity index (χ0n) is 14.5. The first-order valence-electron chi connectivity index (χ1n) is 8.30. The van der Waals surface area contributed by atoms with Crippen LogP contribution in [0.5, 0.6) is 5.75 Å². The van der Waals surface area contributed by atoms with E-state index in [9.17, 15) is 4.79 Å². The number of anilines is 2. The summed E-state index contributed by atoms with van der Waals surface area (Å²) in [7, 11) is 1.64. The van der Waals surface area contributed by atoms with Gasteiger partial charge < -0.3 is 15.4 Å². The molecule has 0 unspecified atom stereocenters. The minimum absolute atomic E-state index is 0.225. The van der Waals surface area contributed by atoms with E-state index in [1.807, 2.05) is 54.6 Å². The van der Waals surface area contributed by atoms with E-state index in [2.05, 4.69) is 20.6 Å². The molecule has 132 valence electrons. The van der Waals surface area contributed by atoms with Crippen LogP contribution in [0.15, 0.2) is 67.0 Å². The van der Waals surface area contributed by atoms with Gasteiger partial charge in [-0.25, -0.2) is 9.97 Å². The number of methoxy groups -OCH3 is 1. The highest BCUT2D eigenvalue weighted by molar-refractivity contribution is 5.92. The maximum atomic E-state index is 12.3. The maximum absolute atomic E-state index is 12.3. The predicted molar refractivity (Wildman–Crippen MR) is 101 cm³/mol. The normalized spacial score (nSPS) is 10.2. The lowest BCUT2D eigenvalue weighted by molar-refractivity contribution is 0.0949. The fourth-order valence-electron chi connectivity index (χ4n) is 2.42. The van der Waals surface area contributed by atoms with Gasteiger partial charge in [-0.1, -0.05) is 30.3 Å². The first-order valence-corrected chi connectivity index (χ1v) is 8.30. The van der Waals surface area contributed by atoms with Crippen molar-refractivity contribution >= 4 is 17.4 Å². The molecule has 6 nitrogen and oxygen atoms in total. The Hall–Kier alpha value is -3.41. The summed E-state index contributed by atoms with van der Waals surface area (Å²) in [6.45, 7) is 0.524. The second-order valence-corrected chi connectivity index (χ2v) is 5.63. The van der Waals surface area contributed by atoms with Crippen molar-refractivity contribution in [2.45, 2.75) is 6.42 Å². The van der Waals surface area contributed by atoms with Crippen LogP contribution in [0.4, 0.5) is 11.5 Å². The molecule has 0 spiro atoms. The average molecular weight is 348 g/mol. The SMILES string of the molecule is COc1ccc(CCNC(=O)c2cc(Nc3ccccc3)ncn2)cc1. The van der Waals surface area contributed by atoms with Crippen LogP contribution in [0.2, 0.25) is 0 Å². The molecule has 2 N–H and O–H groups in total. The number of amides is 1. The number of ether oxygens (including phenoxy) is 1. The quantitative estimate of drug-likeness (QED) is 0.686. The molecular weight excluding hydrogens is 328 g/mol. The summed E-state index contributed by atoms with van der Waals surface area (Å²) in [6, 6.07) is 19.1. The summed E-state index contributed by atoms with van der Waals surface area (Å²) in [6.07, 6.45) is 2.11. The van der Waals surface area contributed by atoms with E-state index in [-0.39, 0.29) is 5.91 Å². The number of carbonyl (C=O) groups excluding carboxylic acids is 1. The number of aromatic nitrogens is 2. The minimum atomic E-state index is -0.225. The summed E-state index contributed by atoms with van der Waals surface area (Å²) in [5.74, 6) is 1.17. The highest BCUT2D eigenvalue weighted by Gasteiger charge is 2.08. The van der Waals surface area contributed by atoms with Gasteiger partial charge in [0.1, 0.15) is 23.6 Å². The largest absolute Gasteiger partial charge is 0.497 e. The smallest absolute Gasteiger partial charge is 0.270 e. The van der Waals surface area contributed by atoms with Crippen LogP contribution in [-0.2, 0) is 6.42 Å². The fraction of sp³-hybridized carbons (Fsp3) is 0.150. The Bertz CT molecular complexity index is 851. The Kier molecular flexibility index (Phi) is 5.77. The van der Waals surface area contributed by atoms with Gasteiger partial charge >= 0.3 is 0 Å². The summed E-state index contributed by atoms with van der Waals surface area (Å²) in [5, 5.41) is 6.03. The van der Waals surface area contributed by atoms with Crippen molar-refractivity contribution in [3.8, 4) is 5.75 Å². The van der Waals surface area contributed by atoms with Crippen LogP contribution >= 0.6 is 0 Å². The van der Waals surface area contributed by atoms with Crippen LogP contribution in [0, 0.1) is 0 Å². The maximum Gasteiger partial charge on any atom is 0.270 e. The van der Waals surface area contributed by atoms with Crippen molar-refractivity contribution in [1.82, 2.24) is 15.3 Å². The molecule has 3 rings (SSSR count). The van der Waals surface area contributed by atoms with Crippen molar-refractivity contribution in [2.24, 2.45) is 0 Å². The Morgan fingerprint density at radius 1 is 1.04 bits per heavy atom. The topological polar surface area (TPSA) is 76.1 Å². The Morgan fingerprint density at radius 3 is 2.54 bits per heavy atom. The number of benzene rings is 2. The van der Waals surface area contributed by atoms with Crippen LogP contribution in [-0.4, -0.2) is 29.5 Å². The molecule has 1 aromatic heterocycles. The molecule has 3 aromatic rings. The van der Waals surface area contributed by atoms with Gasteiger partial charge in [0.15, 0.2) is 0 Å². The lowest BCUT2D eigenvalue weighted by atomic mass is 10.1. The monoisotopic (exact) mass is 348 g/mol. The van der Waals surface area contributed by atoms with E-state index in [4.69, 9.17) is 4.74 Å². The van der Waals surface area contributed by atoms with Crippen molar-refractivity contribution in [3.05, 3.63) is 78.2 Å². The van der Waals surface area contributed by atoms with Gasteiger partial charge in [0.2, 0.25) is 0 Å². The number of para-hydroxylation sites is 1. The molecule has 0 atom stereocenters. The highest BCUT2D eigenvalue weighted by Crippen LogP contribution is 2.14. The van der Waals surface area contributed by atoms with Crippen molar-refractivity contribution in [3.63, 3.8) is 0 Å². The molecule has 0 aliphatic carbocycles. The van der Waals surface area contributed by atoms with Gasteiger partial charge in [-0.15, -0.1) is 0 Å². The second-order valence-electron chi connectivity index (χ2n) is 5.63. The van der Waals surface area contributed by atoms with E-state index < -0.39 is 0 Å². The van der Waals surface area contributed by atoms with E-state index in [1.54, 1.807) is 13.2 Å². The van der Waals surface area contributed by atoms with Gasteiger partial charge in [-0.3, -0.25) is 4.79 Å². The van der Waals surface area contributed by atoms with Crippen LogP contribution in [0.3, 0.4) is 0 Å². The highest BCUT2D eigenvalue weighted by atomic mass is 16.5. The number of hydrogen-bond acceptors (Lipinski definition) is 5. The molecule has 0 bridgehead atoms. The number of carbonyl (C=O) groups is 1. The number of rotatable bonds is 7. The first-order chi connectivity index (χ1) is 12.7. The van der Waals surface area contributed by atoms with E-state index in [0.29, 0.717) is 18.1 Å². The molecular formula is C20H20N4O2. The van der Waals surface area contributed by atoms with Crippen molar-refractivity contribution < 1.29 is 9.53 Å². The van der Waals surface area contributed by atoms with Gasteiger partial charge in [0.05, 0.1) is 7.11 Å². The molecule has 26 heavy (non-hydrogen) atoms. The van der Waals surface area contributed by atoms with E-state index in [1.165, 1.54) is 6.33 Å². The number of hydrogen-bond donors (Lipinski definition) is 2. The fourth-order valence-corrected chi connectivity index (χ4v) is 2.42. The summed E-state index contributed by atoms with van der Waals surface area (Å²) in [4.78, 5) is 20.5. The molecule has 1 amide bonds. The first kappa shape index (κ1) is 17.4. The van der Waals surface area contributed by atoms with Gasteiger partial charge in [-0.2, -0.15) is 0 Å². The summed E-state index contributed by atoms with van der Waals surface area (Å²) < 4.78 is 5.13. The standard InChI is InChI=1S/C20H20N4O2/c1-26-17-9-7-15(8-10-17)11-12-21-20(25)18-13-19(23-14-22-18)24-16-5-3-2-4-6-16/h2-10,13-14H,11-12H2,1H3,(H,21,25)(H,22,23,24). The zero-order valence-corrected chi connectivity index (χ0v) is 14.5. The third-order valence-electron chi connectivity index (χ3n) is 3.80. The van der Waals surface area contributed by atoms with Crippen LogP contribution in [0.1, 0.15) is 16.1 Å². The molecule has 2 aromatic carbocycles. The Labute approximate surface area is 152 Å². The zero-order chi connectivity index (χ0) is 18.2. The third kappa shape index (κ3) is 4.80. The van der Waals surface area contributed by atoms with Gasteiger partial charge in [0, 0.05) is 18.3 Å². The van der Waals surface area contributed by atoms with Crippen molar-refractivity contribution in [1.29, 1.82) is 0 Å². The Morgan fingerprint density at radius 2 is 1.81 bits per heavy atom. The van der Waals surface area contributed by atoms with Gasteiger partial charge in [-0.05, 0) is 36.2 Å². The lowest BCUT2D eigenvalue weighted by Crippen LogP contribution is -2.26. The van der Waals surface area contributed by atoms with Gasteiger partial charge in [0.25, 0.3) is 5.91 Å². The average Bonchev–Trinajstić information content (AvgIpc) is 2.69. The van der Waals surface area contributed by atoms with Crippen LogP contribution in [0.25, 0.3) is 0 Å². The number of nitrogens with zero attached hydrogens (tertiary/aromatic N) is 2. The Balaban J connectivity index is 1.55. The number of nitrogens with one attached hydrogen (secondary N) is 2. The van der Waals surface area contributed by atoms with E-state index >= 15 is 0 Å². The molecule has 6 heteroatoms. The molecule has 0 saturated carbocycles. The third-order valence-corrected chi connectivity index (χ3v) is 3.80. The summed E-state index contributed by atoms with van der Waals surface area (Å²) >= 11 is 0. The summed E-state index contributed by atoms with van der Waals surface area (Å²) in [5.41, 5.74) is 2.35. The minimum Gasteiger partial charge on any atom is -0.497 e. The van der Waals surface area contributed by atoms with E-state index in [0.717, 1.165) is 23.4 Å². The van der Waals surface area contributed by atoms with Crippen LogP contribution < -0.4 is 15.4 Å².